The highest BCUT2D eigenvalue weighted by Gasteiger charge is 2.17. The summed E-state index contributed by atoms with van der Waals surface area (Å²) in [6.07, 6.45) is 0. The van der Waals surface area contributed by atoms with Crippen molar-refractivity contribution in [2.24, 2.45) is 5.92 Å². The lowest BCUT2D eigenvalue weighted by Gasteiger charge is -2.16. The van der Waals surface area contributed by atoms with Crippen LogP contribution < -0.4 is 9.47 Å². The predicted molar refractivity (Wildman–Crippen MR) is 99.1 cm³/mol. The molecule has 1 aromatic heterocycles. The van der Waals surface area contributed by atoms with Crippen LogP contribution in [0.5, 0.6) is 11.5 Å². The maximum atomic E-state index is 12.3. The second-order valence-corrected chi connectivity index (χ2v) is 6.71. The maximum Gasteiger partial charge on any atom is 0.339 e. The van der Waals surface area contributed by atoms with Crippen molar-refractivity contribution in [3.8, 4) is 11.5 Å². The van der Waals surface area contributed by atoms with Gasteiger partial charge in [0.1, 0.15) is 28.6 Å². The zero-order valence-electron chi connectivity index (χ0n) is 16.0. The molecule has 27 heavy (non-hydrogen) atoms. The Morgan fingerprint density at radius 1 is 1.19 bits per heavy atom. The molecule has 1 heterocycles. The number of ether oxygens (including phenoxy) is 2. The van der Waals surface area contributed by atoms with Gasteiger partial charge in [-0.05, 0) is 31.0 Å². The fraction of sp³-hybridized carbons (Fsp3) is 0.400. The Balaban J connectivity index is 1.88. The first-order chi connectivity index (χ1) is 12.8. The van der Waals surface area contributed by atoms with Gasteiger partial charge in [0.2, 0.25) is 0 Å². The van der Waals surface area contributed by atoms with E-state index in [-0.39, 0.29) is 24.6 Å². The number of carboxylic acids is 1. The van der Waals surface area contributed by atoms with E-state index < -0.39 is 5.97 Å². The smallest absolute Gasteiger partial charge is 0.339 e. The summed E-state index contributed by atoms with van der Waals surface area (Å²) in [5.41, 5.74) is 0.0975. The molecule has 0 saturated carbocycles. The molecule has 146 valence electrons. The Kier molecular flexibility index (Phi) is 6.87. The van der Waals surface area contributed by atoms with Gasteiger partial charge in [0, 0.05) is 13.1 Å². The predicted octanol–water partition coefficient (Wildman–Crippen LogP) is 3.36. The lowest BCUT2D eigenvalue weighted by molar-refractivity contribution is -0.132. The van der Waals surface area contributed by atoms with Crippen molar-refractivity contribution >= 4 is 11.9 Å². The van der Waals surface area contributed by atoms with E-state index in [0.717, 1.165) is 0 Å². The summed E-state index contributed by atoms with van der Waals surface area (Å²) in [4.78, 5) is 24.7. The summed E-state index contributed by atoms with van der Waals surface area (Å²) in [6.45, 7) is 6.32. The van der Waals surface area contributed by atoms with Crippen LogP contribution in [0.3, 0.4) is 0 Å². The third-order valence-corrected chi connectivity index (χ3v) is 3.77. The Bertz CT molecular complexity index is 796. The van der Waals surface area contributed by atoms with Crippen LogP contribution in [0.2, 0.25) is 0 Å². The summed E-state index contributed by atoms with van der Waals surface area (Å²) in [5, 5.41) is 9.05. The van der Waals surface area contributed by atoms with Crippen LogP contribution in [0, 0.1) is 12.8 Å². The summed E-state index contributed by atoms with van der Waals surface area (Å²) < 4.78 is 16.6. The Labute approximate surface area is 158 Å². The van der Waals surface area contributed by atoms with Crippen LogP contribution in [0.1, 0.15) is 35.7 Å². The molecule has 7 heteroatoms. The molecule has 1 amide bonds. The highest BCUT2D eigenvalue weighted by Crippen LogP contribution is 2.20. The molecule has 1 aromatic carbocycles. The third-order valence-electron chi connectivity index (χ3n) is 3.77. The van der Waals surface area contributed by atoms with Crippen molar-refractivity contribution < 1.29 is 28.6 Å². The first-order valence-electron chi connectivity index (χ1n) is 8.68. The Hall–Kier alpha value is -2.96. The van der Waals surface area contributed by atoms with E-state index in [1.54, 1.807) is 32.2 Å². The van der Waals surface area contributed by atoms with Crippen LogP contribution in [0.4, 0.5) is 0 Å². The van der Waals surface area contributed by atoms with Gasteiger partial charge in [-0.15, -0.1) is 0 Å². The fourth-order valence-corrected chi connectivity index (χ4v) is 2.33. The van der Waals surface area contributed by atoms with Gasteiger partial charge in [-0.3, -0.25) is 4.79 Å². The molecule has 1 N–H and O–H groups in total. The maximum absolute atomic E-state index is 12.3. The van der Waals surface area contributed by atoms with E-state index in [2.05, 4.69) is 13.8 Å². The normalized spacial score (nSPS) is 10.7. The van der Waals surface area contributed by atoms with Crippen molar-refractivity contribution in [2.45, 2.75) is 27.3 Å². The van der Waals surface area contributed by atoms with Crippen LogP contribution >= 0.6 is 0 Å². The van der Waals surface area contributed by atoms with Gasteiger partial charge >= 0.3 is 5.97 Å². The number of carbonyl (C=O) groups is 2. The van der Waals surface area contributed by atoms with Gasteiger partial charge in [0.15, 0.2) is 6.61 Å². The third kappa shape index (κ3) is 6.06. The van der Waals surface area contributed by atoms with Crippen LogP contribution in [0.15, 0.2) is 34.7 Å². The van der Waals surface area contributed by atoms with E-state index in [4.69, 9.17) is 19.0 Å². The first-order valence-corrected chi connectivity index (χ1v) is 8.68. The number of aryl methyl sites for hydroxylation is 1. The van der Waals surface area contributed by atoms with E-state index in [1.807, 2.05) is 6.07 Å². The molecule has 0 aliphatic rings. The first kappa shape index (κ1) is 20.4. The minimum absolute atomic E-state index is 0.0975. The lowest BCUT2D eigenvalue weighted by atomic mass is 10.2. The summed E-state index contributed by atoms with van der Waals surface area (Å²) in [7, 11) is 1.60. The van der Waals surface area contributed by atoms with Gasteiger partial charge in [-0.1, -0.05) is 19.9 Å². The topological polar surface area (TPSA) is 89.2 Å². The SMILES string of the molecule is Cc1oc(CN(C)C(=O)COc2cccc(OCC(C)C)c2)cc1C(=O)O. The highest BCUT2D eigenvalue weighted by atomic mass is 16.5. The van der Waals surface area contributed by atoms with Crippen molar-refractivity contribution in [2.75, 3.05) is 20.3 Å². The number of nitrogens with zero attached hydrogens (tertiary/aromatic N) is 1. The number of carbonyl (C=O) groups excluding carboxylic acids is 1. The van der Waals surface area contributed by atoms with Gasteiger partial charge in [0.05, 0.1) is 13.2 Å². The summed E-state index contributed by atoms with van der Waals surface area (Å²) in [5.74, 6) is 1.05. The number of aromatic carboxylic acids is 1. The largest absolute Gasteiger partial charge is 0.493 e. The molecule has 0 fully saturated rings. The molecule has 0 bridgehead atoms. The summed E-state index contributed by atoms with van der Waals surface area (Å²) >= 11 is 0. The molecule has 0 radical (unpaired) electrons. The zero-order chi connectivity index (χ0) is 20.0. The minimum atomic E-state index is -1.06. The molecule has 0 spiro atoms. The molecular weight excluding hydrogens is 350 g/mol. The van der Waals surface area contributed by atoms with Crippen molar-refractivity contribution in [1.82, 2.24) is 4.90 Å². The molecule has 0 unspecified atom stereocenters. The molecule has 0 atom stereocenters. The van der Waals surface area contributed by atoms with E-state index in [9.17, 15) is 9.59 Å². The number of furan rings is 1. The van der Waals surface area contributed by atoms with Crippen molar-refractivity contribution in [3.63, 3.8) is 0 Å². The van der Waals surface area contributed by atoms with Crippen LogP contribution in [-0.2, 0) is 11.3 Å². The quantitative estimate of drug-likeness (QED) is 0.723. The number of carboxylic acid groups (broad SMARTS) is 1. The fourth-order valence-electron chi connectivity index (χ4n) is 2.33. The summed E-state index contributed by atoms with van der Waals surface area (Å²) in [6, 6.07) is 8.56. The lowest BCUT2D eigenvalue weighted by Crippen LogP contribution is -2.30. The molecular formula is C20H25NO6. The Morgan fingerprint density at radius 2 is 1.85 bits per heavy atom. The molecule has 7 nitrogen and oxygen atoms in total. The minimum Gasteiger partial charge on any atom is -0.493 e. The average Bonchev–Trinajstić information content (AvgIpc) is 2.98. The highest BCUT2D eigenvalue weighted by molar-refractivity contribution is 5.88. The van der Waals surface area contributed by atoms with Gasteiger partial charge in [-0.2, -0.15) is 0 Å². The Morgan fingerprint density at radius 3 is 2.44 bits per heavy atom. The molecule has 0 saturated heterocycles. The number of amides is 1. The monoisotopic (exact) mass is 375 g/mol. The van der Waals surface area contributed by atoms with Crippen molar-refractivity contribution in [1.29, 1.82) is 0 Å². The number of likely N-dealkylation sites (N-methyl/N-ethyl adjacent to an activating group) is 1. The number of benzene rings is 1. The van der Waals surface area contributed by atoms with Crippen molar-refractivity contribution in [3.05, 3.63) is 47.4 Å². The zero-order valence-corrected chi connectivity index (χ0v) is 16.0. The van der Waals surface area contributed by atoms with Crippen LogP contribution in [-0.4, -0.2) is 42.1 Å². The van der Waals surface area contributed by atoms with E-state index in [1.165, 1.54) is 11.0 Å². The second kappa shape index (κ2) is 9.12. The van der Waals surface area contributed by atoms with Gasteiger partial charge < -0.3 is 23.9 Å². The molecule has 2 aromatic rings. The second-order valence-electron chi connectivity index (χ2n) is 6.71. The van der Waals surface area contributed by atoms with E-state index >= 15 is 0 Å². The number of rotatable bonds is 9. The van der Waals surface area contributed by atoms with Gasteiger partial charge in [-0.25, -0.2) is 4.79 Å². The molecule has 2 rings (SSSR count). The molecule has 0 aliphatic heterocycles. The number of hydrogen-bond acceptors (Lipinski definition) is 5. The van der Waals surface area contributed by atoms with Crippen LogP contribution in [0.25, 0.3) is 0 Å². The number of hydrogen-bond donors (Lipinski definition) is 1. The average molecular weight is 375 g/mol. The molecule has 0 aliphatic carbocycles. The standard InChI is InChI=1S/C20H25NO6/c1-13(2)11-25-15-6-5-7-16(8-15)26-12-19(22)21(4)10-17-9-18(20(23)24)14(3)27-17/h5-9,13H,10-12H2,1-4H3,(H,23,24). The van der Waals surface area contributed by atoms with Gasteiger partial charge in [0.25, 0.3) is 5.91 Å². The van der Waals surface area contributed by atoms with E-state index in [0.29, 0.717) is 35.5 Å².